The van der Waals surface area contributed by atoms with Crippen LogP contribution in [0.3, 0.4) is 0 Å². The second-order valence-corrected chi connectivity index (χ2v) is 4.75. The summed E-state index contributed by atoms with van der Waals surface area (Å²) >= 11 is 0. The molecule has 1 aliphatic rings. The van der Waals surface area contributed by atoms with Crippen LogP contribution in [-0.2, 0) is 16.0 Å². The van der Waals surface area contributed by atoms with Crippen LogP contribution in [0.4, 0.5) is 5.69 Å². The molecule has 0 amide bonds. The molecule has 106 valence electrons. The number of hydrogen-bond acceptors (Lipinski definition) is 4. The lowest BCUT2D eigenvalue weighted by Crippen LogP contribution is -2.28. The van der Waals surface area contributed by atoms with Crippen LogP contribution in [0.1, 0.15) is 12.0 Å². The first-order valence-corrected chi connectivity index (χ1v) is 7.02. The maximum absolute atomic E-state index is 5.53. The van der Waals surface area contributed by atoms with Gasteiger partial charge in [0.05, 0.1) is 13.2 Å². The van der Waals surface area contributed by atoms with Gasteiger partial charge >= 0.3 is 0 Å². The van der Waals surface area contributed by atoms with Gasteiger partial charge in [-0.2, -0.15) is 0 Å². The van der Waals surface area contributed by atoms with E-state index in [-0.39, 0.29) is 0 Å². The molecule has 1 saturated heterocycles. The molecule has 1 aromatic rings. The predicted molar refractivity (Wildman–Crippen MR) is 77.7 cm³/mol. The van der Waals surface area contributed by atoms with Gasteiger partial charge in [-0.15, -0.1) is 0 Å². The van der Waals surface area contributed by atoms with Crippen LogP contribution in [-0.4, -0.2) is 46.6 Å². The normalized spacial score (nSPS) is 16.4. The van der Waals surface area contributed by atoms with Gasteiger partial charge in [0.15, 0.2) is 0 Å². The lowest BCUT2D eigenvalue weighted by molar-refractivity contribution is 0.152. The van der Waals surface area contributed by atoms with E-state index in [0.717, 1.165) is 52.4 Å². The van der Waals surface area contributed by atoms with Crippen molar-refractivity contribution in [3.8, 4) is 0 Å². The first kappa shape index (κ1) is 14.3. The number of rotatable bonds is 6. The van der Waals surface area contributed by atoms with E-state index in [4.69, 9.17) is 9.47 Å². The van der Waals surface area contributed by atoms with E-state index >= 15 is 0 Å². The Hall–Kier alpha value is -1.10. The Balaban J connectivity index is 1.98. The van der Waals surface area contributed by atoms with E-state index in [0.29, 0.717) is 0 Å². The van der Waals surface area contributed by atoms with Gasteiger partial charge in [0.1, 0.15) is 0 Å². The standard InChI is InChI=1S/C15H24N2O2/c1-18-11-7-16-13-14-5-2-3-6-15(14)17-8-4-10-19-12-9-17/h2-3,5-6,16H,4,7-13H2,1H3. The Morgan fingerprint density at radius 2 is 2.16 bits per heavy atom. The van der Waals surface area contributed by atoms with Crippen molar-refractivity contribution in [2.45, 2.75) is 13.0 Å². The van der Waals surface area contributed by atoms with Gasteiger partial charge in [-0.3, -0.25) is 0 Å². The minimum atomic E-state index is 0.750. The minimum Gasteiger partial charge on any atom is -0.383 e. The zero-order valence-electron chi connectivity index (χ0n) is 11.7. The molecule has 4 nitrogen and oxygen atoms in total. The van der Waals surface area contributed by atoms with Gasteiger partial charge in [0, 0.05) is 45.6 Å². The summed E-state index contributed by atoms with van der Waals surface area (Å²) in [6, 6.07) is 8.62. The maximum Gasteiger partial charge on any atom is 0.0641 e. The number of benzene rings is 1. The summed E-state index contributed by atoms with van der Waals surface area (Å²) in [5.74, 6) is 0. The molecule has 0 saturated carbocycles. The molecule has 1 heterocycles. The molecule has 0 aliphatic carbocycles. The SMILES string of the molecule is COCCNCc1ccccc1N1CCCOCC1. The average molecular weight is 264 g/mol. The summed E-state index contributed by atoms with van der Waals surface area (Å²) in [5.41, 5.74) is 2.68. The fourth-order valence-corrected chi connectivity index (χ4v) is 2.35. The minimum absolute atomic E-state index is 0.750. The topological polar surface area (TPSA) is 33.7 Å². The highest BCUT2D eigenvalue weighted by Gasteiger charge is 2.12. The third-order valence-electron chi connectivity index (χ3n) is 3.35. The van der Waals surface area contributed by atoms with Crippen molar-refractivity contribution in [3.05, 3.63) is 29.8 Å². The second-order valence-electron chi connectivity index (χ2n) is 4.75. The highest BCUT2D eigenvalue weighted by molar-refractivity contribution is 5.53. The Bertz CT molecular complexity index is 363. The van der Waals surface area contributed by atoms with Crippen molar-refractivity contribution >= 4 is 5.69 Å². The van der Waals surface area contributed by atoms with Crippen molar-refractivity contribution in [1.82, 2.24) is 5.32 Å². The van der Waals surface area contributed by atoms with Gasteiger partial charge < -0.3 is 19.7 Å². The van der Waals surface area contributed by atoms with E-state index in [1.54, 1.807) is 7.11 Å². The first-order chi connectivity index (χ1) is 9.42. The summed E-state index contributed by atoms with van der Waals surface area (Å²) in [6.45, 7) is 6.28. The second kappa shape index (κ2) is 8.15. The quantitative estimate of drug-likeness (QED) is 0.792. The van der Waals surface area contributed by atoms with Crippen LogP contribution in [0.2, 0.25) is 0 Å². The fourth-order valence-electron chi connectivity index (χ4n) is 2.35. The van der Waals surface area contributed by atoms with Gasteiger partial charge in [0.25, 0.3) is 0 Å². The lowest BCUT2D eigenvalue weighted by Gasteiger charge is -2.25. The highest BCUT2D eigenvalue weighted by Crippen LogP contribution is 2.21. The maximum atomic E-state index is 5.53. The number of nitrogens with zero attached hydrogens (tertiary/aromatic N) is 1. The molecule has 0 atom stereocenters. The number of anilines is 1. The smallest absolute Gasteiger partial charge is 0.0641 e. The molecular weight excluding hydrogens is 240 g/mol. The van der Waals surface area contributed by atoms with Crippen LogP contribution < -0.4 is 10.2 Å². The summed E-state index contributed by atoms with van der Waals surface area (Å²) in [4.78, 5) is 2.43. The van der Waals surface area contributed by atoms with Gasteiger partial charge in [-0.1, -0.05) is 18.2 Å². The highest BCUT2D eigenvalue weighted by atomic mass is 16.5. The van der Waals surface area contributed by atoms with Crippen molar-refractivity contribution in [2.24, 2.45) is 0 Å². The molecule has 0 unspecified atom stereocenters. The number of methoxy groups -OCH3 is 1. The van der Waals surface area contributed by atoms with Crippen molar-refractivity contribution < 1.29 is 9.47 Å². The summed E-state index contributed by atoms with van der Waals surface area (Å²) in [5, 5.41) is 3.41. The zero-order chi connectivity index (χ0) is 13.3. The molecule has 2 rings (SSSR count). The molecule has 1 aromatic carbocycles. The van der Waals surface area contributed by atoms with Gasteiger partial charge in [-0.25, -0.2) is 0 Å². The zero-order valence-corrected chi connectivity index (χ0v) is 11.7. The number of nitrogens with one attached hydrogen (secondary N) is 1. The fraction of sp³-hybridized carbons (Fsp3) is 0.600. The van der Waals surface area contributed by atoms with Gasteiger partial charge in [0.2, 0.25) is 0 Å². The molecule has 0 aromatic heterocycles. The third kappa shape index (κ3) is 4.49. The number of hydrogen-bond donors (Lipinski definition) is 1. The lowest BCUT2D eigenvalue weighted by atomic mass is 10.1. The van der Waals surface area contributed by atoms with E-state index in [9.17, 15) is 0 Å². The Morgan fingerprint density at radius 1 is 1.26 bits per heavy atom. The molecule has 1 aliphatic heterocycles. The van der Waals surface area contributed by atoms with E-state index < -0.39 is 0 Å². The molecule has 19 heavy (non-hydrogen) atoms. The summed E-state index contributed by atoms with van der Waals surface area (Å²) < 4.78 is 10.6. The van der Waals surface area contributed by atoms with E-state index in [1.165, 1.54) is 11.3 Å². The van der Waals surface area contributed by atoms with Crippen molar-refractivity contribution in [2.75, 3.05) is 51.5 Å². The van der Waals surface area contributed by atoms with Crippen LogP contribution in [0, 0.1) is 0 Å². The molecule has 0 bridgehead atoms. The van der Waals surface area contributed by atoms with E-state index in [1.807, 2.05) is 0 Å². The molecule has 1 fully saturated rings. The summed E-state index contributed by atoms with van der Waals surface area (Å²) in [7, 11) is 1.73. The van der Waals surface area contributed by atoms with Crippen molar-refractivity contribution in [3.63, 3.8) is 0 Å². The third-order valence-corrected chi connectivity index (χ3v) is 3.35. The predicted octanol–water partition coefficient (Wildman–Crippen LogP) is 1.65. The molecule has 0 radical (unpaired) electrons. The Kier molecular flexibility index (Phi) is 6.14. The number of para-hydroxylation sites is 1. The number of ether oxygens (including phenoxy) is 2. The van der Waals surface area contributed by atoms with Crippen LogP contribution in [0.15, 0.2) is 24.3 Å². The Morgan fingerprint density at radius 3 is 3.05 bits per heavy atom. The average Bonchev–Trinajstić information content (AvgIpc) is 2.73. The van der Waals surface area contributed by atoms with Crippen molar-refractivity contribution in [1.29, 1.82) is 0 Å². The summed E-state index contributed by atoms with van der Waals surface area (Å²) in [6.07, 6.45) is 1.10. The molecular formula is C15H24N2O2. The monoisotopic (exact) mass is 264 g/mol. The Labute approximate surface area is 115 Å². The van der Waals surface area contributed by atoms with Crippen LogP contribution >= 0.6 is 0 Å². The first-order valence-electron chi connectivity index (χ1n) is 7.02. The van der Waals surface area contributed by atoms with Crippen LogP contribution in [0.5, 0.6) is 0 Å². The largest absolute Gasteiger partial charge is 0.383 e. The van der Waals surface area contributed by atoms with Crippen LogP contribution in [0.25, 0.3) is 0 Å². The van der Waals surface area contributed by atoms with Gasteiger partial charge in [-0.05, 0) is 18.1 Å². The molecule has 0 spiro atoms. The molecule has 4 heteroatoms. The van der Waals surface area contributed by atoms with E-state index in [2.05, 4.69) is 34.5 Å². The molecule has 1 N–H and O–H groups in total.